The highest BCUT2D eigenvalue weighted by atomic mass is 16.5. The molecular formula is C13H21NO. The van der Waals surface area contributed by atoms with Crippen molar-refractivity contribution in [1.29, 1.82) is 0 Å². The van der Waals surface area contributed by atoms with Crippen molar-refractivity contribution in [2.75, 3.05) is 13.7 Å². The number of hydrogen-bond acceptors (Lipinski definition) is 2. The van der Waals surface area contributed by atoms with Gasteiger partial charge >= 0.3 is 0 Å². The topological polar surface area (TPSA) is 35.2 Å². The first-order valence-corrected chi connectivity index (χ1v) is 5.38. The average molecular weight is 207 g/mol. The molecule has 0 aliphatic heterocycles. The first kappa shape index (κ1) is 12.2. The summed E-state index contributed by atoms with van der Waals surface area (Å²) in [6.07, 6.45) is 0.887. The number of nitrogens with two attached hydrogens (primary N) is 1. The van der Waals surface area contributed by atoms with E-state index in [4.69, 9.17) is 10.5 Å². The van der Waals surface area contributed by atoms with Crippen LogP contribution in [0.5, 0.6) is 0 Å². The lowest BCUT2D eigenvalue weighted by Crippen LogP contribution is -2.46. The van der Waals surface area contributed by atoms with Crippen LogP contribution in [0.2, 0.25) is 0 Å². The monoisotopic (exact) mass is 207 g/mol. The summed E-state index contributed by atoms with van der Waals surface area (Å²) in [5.41, 5.74) is 7.37. The third-order valence-corrected chi connectivity index (χ3v) is 2.97. The molecule has 2 unspecified atom stereocenters. The Bertz CT molecular complexity index is 282. The van der Waals surface area contributed by atoms with Gasteiger partial charge in [-0.2, -0.15) is 0 Å². The Hall–Kier alpha value is -0.860. The van der Waals surface area contributed by atoms with E-state index in [0.717, 1.165) is 6.42 Å². The van der Waals surface area contributed by atoms with Gasteiger partial charge in [-0.3, -0.25) is 0 Å². The number of hydrogen-bond donors (Lipinski definition) is 1. The van der Waals surface area contributed by atoms with Gasteiger partial charge in [0.25, 0.3) is 0 Å². The number of rotatable bonds is 5. The van der Waals surface area contributed by atoms with Crippen molar-refractivity contribution in [2.45, 2.75) is 25.8 Å². The molecule has 0 heterocycles. The van der Waals surface area contributed by atoms with Crippen LogP contribution in [0, 0.1) is 5.92 Å². The summed E-state index contributed by atoms with van der Waals surface area (Å²) >= 11 is 0. The van der Waals surface area contributed by atoms with E-state index in [-0.39, 0.29) is 5.54 Å². The fourth-order valence-corrected chi connectivity index (χ4v) is 1.65. The van der Waals surface area contributed by atoms with Gasteiger partial charge in [0.1, 0.15) is 0 Å². The van der Waals surface area contributed by atoms with E-state index in [1.807, 2.05) is 18.2 Å². The molecule has 2 atom stereocenters. The van der Waals surface area contributed by atoms with Gasteiger partial charge in [0, 0.05) is 12.6 Å². The lowest BCUT2D eigenvalue weighted by Gasteiger charge is -2.31. The first-order valence-electron chi connectivity index (χ1n) is 5.38. The van der Waals surface area contributed by atoms with Gasteiger partial charge in [-0.15, -0.1) is 0 Å². The van der Waals surface area contributed by atoms with Crippen LogP contribution in [-0.4, -0.2) is 19.3 Å². The van der Waals surface area contributed by atoms with Crippen molar-refractivity contribution in [2.24, 2.45) is 11.7 Å². The quantitative estimate of drug-likeness (QED) is 0.803. The third kappa shape index (κ3) is 3.65. The largest absolute Gasteiger partial charge is 0.384 e. The van der Waals surface area contributed by atoms with Gasteiger partial charge in [0.15, 0.2) is 0 Å². The number of ether oxygens (including phenoxy) is 1. The van der Waals surface area contributed by atoms with Crippen LogP contribution >= 0.6 is 0 Å². The molecule has 2 nitrogen and oxygen atoms in total. The maximum atomic E-state index is 6.30. The van der Waals surface area contributed by atoms with E-state index >= 15 is 0 Å². The molecule has 0 radical (unpaired) electrons. The average Bonchev–Trinajstić information content (AvgIpc) is 2.19. The molecule has 0 aromatic heterocycles. The Balaban J connectivity index is 2.63. The fraction of sp³-hybridized carbons (Fsp3) is 0.538. The second-order valence-electron chi connectivity index (χ2n) is 4.52. The summed E-state index contributed by atoms with van der Waals surface area (Å²) in [6.45, 7) is 4.93. The lowest BCUT2D eigenvalue weighted by atomic mass is 9.83. The highest BCUT2D eigenvalue weighted by Gasteiger charge is 2.26. The van der Waals surface area contributed by atoms with Crippen molar-refractivity contribution in [3.63, 3.8) is 0 Å². The summed E-state index contributed by atoms with van der Waals surface area (Å²) in [5.74, 6) is 0.350. The van der Waals surface area contributed by atoms with Crippen molar-refractivity contribution in [3.8, 4) is 0 Å². The van der Waals surface area contributed by atoms with Crippen LogP contribution in [0.15, 0.2) is 30.3 Å². The molecule has 0 aliphatic rings. The smallest absolute Gasteiger partial charge is 0.0505 e. The molecule has 0 amide bonds. The Morgan fingerprint density at radius 3 is 2.47 bits per heavy atom. The van der Waals surface area contributed by atoms with E-state index in [0.29, 0.717) is 12.5 Å². The molecule has 2 heteroatoms. The molecule has 0 saturated carbocycles. The molecule has 1 rings (SSSR count). The van der Waals surface area contributed by atoms with Gasteiger partial charge in [-0.1, -0.05) is 37.3 Å². The maximum Gasteiger partial charge on any atom is 0.0505 e. The van der Waals surface area contributed by atoms with Crippen molar-refractivity contribution >= 4 is 0 Å². The Labute approximate surface area is 92.4 Å². The minimum absolute atomic E-state index is 0.211. The van der Waals surface area contributed by atoms with Gasteiger partial charge in [0.2, 0.25) is 0 Å². The van der Waals surface area contributed by atoms with E-state index in [1.165, 1.54) is 5.56 Å². The third-order valence-electron chi connectivity index (χ3n) is 2.97. The Morgan fingerprint density at radius 1 is 1.33 bits per heavy atom. The first-order chi connectivity index (χ1) is 7.06. The standard InChI is InChI=1S/C13H21NO/c1-11(10-15-3)13(2,14)9-12-7-5-4-6-8-12/h4-8,11H,9-10,14H2,1-3H3. The SMILES string of the molecule is COCC(C)C(C)(N)Cc1ccccc1. The summed E-state index contributed by atoms with van der Waals surface area (Å²) < 4.78 is 5.15. The predicted octanol–water partition coefficient (Wildman–Crippen LogP) is 2.23. The van der Waals surface area contributed by atoms with Gasteiger partial charge in [-0.25, -0.2) is 0 Å². The van der Waals surface area contributed by atoms with Crippen LogP contribution in [0.25, 0.3) is 0 Å². The minimum atomic E-state index is -0.211. The van der Waals surface area contributed by atoms with E-state index in [1.54, 1.807) is 7.11 Å². The van der Waals surface area contributed by atoms with Crippen molar-refractivity contribution in [1.82, 2.24) is 0 Å². The van der Waals surface area contributed by atoms with Crippen LogP contribution < -0.4 is 5.73 Å². The predicted molar refractivity (Wildman–Crippen MR) is 63.8 cm³/mol. The molecule has 0 fully saturated rings. The van der Waals surface area contributed by atoms with Crippen LogP contribution in [0.1, 0.15) is 19.4 Å². The van der Waals surface area contributed by atoms with Crippen LogP contribution in [-0.2, 0) is 11.2 Å². The van der Waals surface area contributed by atoms with Crippen molar-refractivity contribution in [3.05, 3.63) is 35.9 Å². The van der Waals surface area contributed by atoms with E-state index < -0.39 is 0 Å². The summed E-state index contributed by atoms with van der Waals surface area (Å²) in [6, 6.07) is 10.4. The number of methoxy groups -OCH3 is 1. The second kappa shape index (κ2) is 5.29. The van der Waals surface area contributed by atoms with Crippen molar-refractivity contribution < 1.29 is 4.74 Å². The molecule has 84 valence electrons. The zero-order valence-electron chi connectivity index (χ0n) is 9.86. The molecule has 0 bridgehead atoms. The Morgan fingerprint density at radius 2 is 1.93 bits per heavy atom. The molecule has 0 spiro atoms. The van der Waals surface area contributed by atoms with Crippen LogP contribution in [0.4, 0.5) is 0 Å². The summed E-state index contributed by atoms with van der Waals surface area (Å²) in [4.78, 5) is 0. The van der Waals surface area contributed by atoms with Gasteiger partial charge < -0.3 is 10.5 Å². The molecule has 0 saturated heterocycles. The molecule has 1 aromatic carbocycles. The Kier molecular flexibility index (Phi) is 4.30. The fourth-order valence-electron chi connectivity index (χ4n) is 1.65. The summed E-state index contributed by atoms with van der Waals surface area (Å²) in [5, 5.41) is 0. The number of benzene rings is 1. The molecule has 0 aliphatic carbocycles. The highest BCUT2D eigenvalue weighted by Crippen LogP contribution is 2.19. The second-order valence-corrected chi connectivity index (χ2v) is 4.52. The van der Waals surface area contributed by atoms with Crippen LogP contribution in [0.3, 0.4) is 0 Å². The maximum absolute atomic E-state index is 6.30. The molecule has 1 aromatic rings. The minimum Gasteiger partial charge on any atom is -0.384 e. The van der Waals surface area contributed by atoms with E-state index in [2.05, 4.69) is 26.0 Å². The summed E-state index contributed by atoms with van der Waals surface area (Å²) in [7, 11) is 1.72. The molecule has 15 heavy (non-hydrogen) atoms. The molecule has 2 N–H and O–H groups in total. The highest BCUT2D eigenvalue weighted by molar-refractivity contribution is 5.17. The van der Waals surface area contributed by atoms with E-state index in [9.17, 15) is 0 Å². The zero-order valence-corrected chi connectivity index (χ0v) is 9.86. The normalized spacial score (nSPS) is 17.1. The van der Waals surface area contributed by atoms with Gasteiger partial charge in [-0.05, 0) is 24.8 Å². The molecular weight excluding hydrogens is 186 g/mol. The lowest BCUT2D eigenvalue weighted by molar-refractivity contribution is 0.121. The van der Waals surface area contributed by atoms with Gasteiger partial charge in [0.05, 0.1) is 6.61 Å². The zero-order chi connectivity index (χ0) is 11.3.